The van der Waals surface area contributed by atoms with Crippen LogP contribution in [-0.4, -0.2) is 41.4 Å². The predicted octanol–water partition coefficient (Wildman–Crippen LogP) is 4.94. The molecule has 7 heteroatoms. The molecule has 2 rings (SSSR count). The lowest BCUT2D eigenvalue weighted by molar-refractivity contribution is -0.124. The molecule has 1 aromatic rings. The first-order valence-electron chi connectivity index (χ1n) is 10.6. The number of nitrogens with zero attached hydrogens (tertiary/aromatic N) is 1. The largest absolute Gasteiger partial charge is 0.350 e. The van der Waals surface area contributed by atoms with Crippen molar-refractivity contribution in [2.45, 2.75) is 77.7 Å². The second-order valence-corrected chi connectivity index (χ2v) is 11.0. The van der Waals surface area contributed by atoms with E-state index < -0.39 is 12.9 Å². The van der Waals surface area contributed by atoms with Crippen molar-refractivity contribution < 1.29 is 18.4 Å². The molecule has 0 aliphatic heterocycles. The molecule has 1 amide bonds. The molecule has 1 fully saturated rings. The number of nitrogens with one attached hydrogen (secondary N) is 1. The van der Waals surface area contributed by atoms with Gasteiger partial charge in [0.2, 0.25) is 5.91 Å². The van der Waals surface area contributed by atoms with Crippen LogP contribution in [0.4, 0.5) is 0 Å². The molecule has 1 saturated carbocycles. The van der Waals surface area contributed by atoms with Crippen molar-refractivity contribution >= 4 is 13.5 Å². The molecule has 0 spiro atoms. The van der Waals surface area contributed by atoms with Crippen molar-refractivity contribution in [1.82, 2.24) is 10.2 Å². The minimum Gasteiger partial charge on any atom is -0.350 e. The van der Waals surface area contributed by atoms with Gasteiger partial charge in [0.25, 0.3) is 0 Å². The Morgan fingerprint density at radius 2 is 1.66 bits per heavy atom. The molecule has 1 N–H and O–H groups in total. The molecule has 0 atom stereocenters. The zero-order chi connectivity index (χ0) is 21.5. The molecular weight excluding hydrogens is 387 g/mol. The Kier molecular flexibility index (Phi) is 8.48. The molecule has 0 unspecified atom stereocenters. The van der Waals surface area contributed by atoms with Crippen molar-refractivity contribution in [3.63, 3.8) is 0 Å². The van der Waals surface area contributed by atoms with Crippen LogP contribution in [0.25, 0.3) is 0 Å². The summed E-state index contributed by atoms with van der Waals surface area (Å²) in [7, 11) is -3.45. The lowest BCUT2D eigenvalue weighted by atomic mass is 10.1. The normalized spacial score (nSPS) is 16.9. The number of amides is 1. The van der Waals surface area contributed by atoms with Crippen molar-refractivity contribution in [3.05, 3.63) is 35.9 Å². The van der Waals surface area contributed by atoms with E-state index in [9.17, 15) is 9.36 Å². The molecule has 29 heavy (non-hydrogen) atoms. The topological polar surface area (TPSA) is 67.9 Å². The highest BCUT2D eigenvalue weighted by atomic mass is 31.2. The van der Waals surface area contributed by atoms with Gasteiger partial charge in [-0.25, -0.2) is 0 Å². The first kappa shape index (κ1) is 24.1. The molecule has 1 aromatic carbocycles. The second kappa shape index (κ2) is 10.2. The van der Waals surface area contributed by atoms with Gasteiger partial charge in [-0.2, -0.15) is 0 Å². The van der Waals surface area contributed by atoms with Crippen molar-refractivity contribution in [2.24, 2.45) is 0 Å². The zero-order valence-electron chi connectivity index (χ0n) is 18.6. The minimum atomic E-state index is -3.45. The van der Waals surface area contributed by atoms with E-state index in [1.807, 2.05) is 69.9 Å². The third-order valence-electron chi connectivity index (χ3n) is 5.17. The smallest absolute Gasteiger partial charge is 0.350 e. The molecule has 6 nitrogen and oxygen atoms in total. The second-order valence-electron chi connectivity index (χ2n) is 8.66. The molecule has 0 heterocycles. The Bertz CT molecular complexity index is 687. The molecule has 0 aromatic heterocycles. The van der Waals surface area contributed by atoms with Gasteiger partial charge in [-0.3, -0.25) is 14.3 Å². The fourth-order valence-corrected chi connectivity index (χ4v) is 6.69. The summed E-state index contributed by atoms with van der Waals surface area (Å²) in [5.74, 6) is -0.0840. The van der Waals surface area contributed by atoms with E-state index in [0.717, 1.165) is 18.4 Å². The van der Waals surface area contributed by atoms with E-state index >= 15 is 0 Å². The Morgan fingerprint density at radius 1 is 1.10 bits per heavy atom. The summed E-state index contributed by atoms with van der Waals surface area (Å²) in [4.78, 5) is 14.9. The fourth-order valence-electron chi connectivity index (χ4n) is 4.11. The Labute approximate surface area is 175 Å². The van der Waals surface area contributed by atoms with E-state index in [0.29, 0.717) is 32.6 Å². The van der Waals surface area contributed by atoms with Crippen LogP contribution in [0.15, 0.2) is 30.3 Å². The van der Waals surface area contributed by atoms with Gasteiger partial charge in [0.15, 0.2) is 0 Å². The molecule has 164 valence electrons. The summed E-state index contributed by atoms with van der Waals surface area (Å²) in [6.45, 7) is 10.8. The summed E-state index contributed by atoms with van der Waals surface area (Å²) in [6, 6.07) is 9.99. The number of carbonyl (C=O) groups is 1. The van der Waals surface area contributed by atoms with Crippen LogP contribution < -0.4 is 5.32 Å². The van der Waals surface area contributed by atoms with Crippen LogP contribution in [0.3, 0.4) is 0 Å². The van der Waals surface area contributed by atoms with Gasteiger partial charge < -0.3 is 14.4 Å². The number of hydrogen-bond acceptors (Lipinski definition) is 5. The zero-order valence-corrected chi connectivity index (χ0v) is 19.5. The van der Waals surface area contributed by atoms with Crippen LogP contribution in [0.5, 0.6) is 0 Å². The maximum Gasteiger partial charge on any atom is 0.350 e. The maximum absolute atomic E-state index is 14.0. The summed E-state index contributed by atoms with van der Waals surface area (Å²) in [5, 5.41) is 2.25. The SMILES string of the molecule is CCOP(=O)(OCC)C1(N(CC(=O)NC(C)(C)C)Cc2ccccc2)CCCC1. The van der Waals surface area contributed by atoms with Crippen molar-refractivity contribution in [3.8, 4) is 0 Å². The maximum atomic E-state index is 14.0. The summed E-state index contributed by atoms with van der Waals surface area (Å²) in [6.07, 6.45) is 3.27. The van der Waals surface area contributed by atoms with Gasteiger partial charge in [0, 0.05) is 12.1 Å². The average molecular weight is 425 g/mol. The van der Waals surface area contributed by atoms with E-state index in [1.54, 1.807) is 0 Å². The van der Waals surface area contributed by atoms with Gasteiger partial charge >= 0.3 is 7.60 Å². The van der Waals surface area contributed by atoms with Crippen molar-refractivity contribution in [1.29, 1.82) is 0 Å². The summed E-state index contributed by atoms with van der Waals surface area (Å²) >= 11 is 0. The number of benzene rings is 1. The summed E-state index contributed by atoms with van der Waals surface area (Å²) in [5.41, 5.74) is 0.740. The number of carbonyl (C=O) groups excluding carboxylic acids is 1. The highest BCUT2D eigenvalue weighted by Gasteiger charge is 2.56. The van der Waals surface area contributed by atoms with E-state index in [4.69, 9.17) is 9.05 Å². The highest BCUT2D eigenvalue weighted by Crippen LogP contribution is 2.67. The summed E-state index contributed by atoms with van der Waals surface area (Å²) < 4.78 is 25.7. The van der Waals surface area contributed by atoms with E-state index in [2.05, 4.69) is 5.32 Å². The van der Waals surface area contributed by atoms with Crippen LogP contribution in [-0.2, 0) is 25.0 Å². The third-order valence-corrected chi connectivity index (χ3v) is 8.11. The quantitative estimate of drug-likeness (QED) is 0.539. The molecule has 1 aliphatic rings. The lowest BCUT2D eigenvalue weighted by Gasteiger charge is -2.44. The Balaban J connectivity index is 2.44. The molecule has 0 radical (unpaired) electrons. The molecule has 0 saturated heterocycles. The number of hydrogen-bond donors (Lipinski definition) is 1. The van der Waals surface area contributed by atoms with Gasteiger partial charge in [-0.05, 0) is 53.0 Å². The molecule has 0 bridgehead atoms. The monoisotopic (exact) mass is 424 g/mol. The Hall–Kier alpha value is -1.20. The van der Waals surface area contributed by atoms with Gasteiger partial charge in [-0.15, -0.1) is 0 Å². The van der Waals surface area contributed by atoms with Crippen LogP contribution in [0.2, 0.25) is 0 Å². The van der Waals surface area contributed by atoms with E-state index in [-0.39, 0.29) is 18.0 Å². The van der Waals surface area contributed by atoms with E-state index in [1.165, 1.54) is 0 Å². The standard InChI is InChI=1S/C22H37N2O4P/c1-6-27-29(26,28-7-2)22(15-11-12-16-22)24(17-19-13-9-8-10-14-19)18-20(25)23-21(3,4)5/h8-10,13-14H,6-7,11-12,15-18H2,1-5H3,(H,23,25). The first-order chi connectivity index (χ1) is 13.7. The van der Waals surface area contributed by atoms with Gasteiger partial charge in [0.05, 0.1) is 19.8 Å². The van der Waals surface area contributed by atoms with Crippen LogP contribution in [0.1, 0.15) is 65.9 Å². The minimum absolute atomic E-state index is 0.0840. The van der Waals surface area contributed by atoms with Gasteiger partial charge in [-0.1, -0.05) is 43.2 Å². The Morgan fingerprint density at radius 3 is 2.14 bits per heavy atom. The first-order valence-corrected chi connectivity index (χ1v) is 12.2. The van der Waals surface area contributed by atoms with Gasteiger partial charge in [0.1, 0.15) is 5.28 Å². The molecule has 1 aliphatic carbocycles. The fraction of sp³-hybridized carbons (Fsp3) is 0.682. The predicted molar refractivity (Wildman–Crippen MR) is 117 cm³/mol. The van der Waals surface area contributed by atoms with Crippen molar-refractivity contribution in [2.75, 3.05) is 19.8 Å². The third kappa shape index (κ3) is 6.14. The van der Waals surface area contributed by atoms with Crippen LogP contribution in [0, 0.1) is 0 Å². The average Bonchev–Trinajstić information content (AvgIpc) is 3.12. The highest BCUT2D eigenvalue weighted by molar-refractivity contribution is 7.55. The molecular formula is C22H37N2O4P. The van der Waals surface area contributed by atoms with Crippen LogP contribution >= 0.6 is 7.60 Å². The lowest BCUT2D eigenvalue weighted by Crippen LogP contribution is -2.53. The number of rotatable bonds is 10.